The van der Waals surface area contributed by atoms with Crippen molar-refractivity contribution in [3.63, 3.8) is 0 Å². The van der Waals surface area contributed by atoms with Crippen molar-refractivity contribution >= 4 is 58.1 Å². The summed E-state index contributed by atoms with van der Waals surface area (Å²) in [5.41, 5.74) is 1.70. The second kappa shape index (κ2) is 12.6. The lowest BCUT2D eigenvalue weighted by Crippen LogP contribution is -2.36. The van der Waals surface area contributed by atoms with Gasteiger partial charge in [0.15, 0.2) is 11.5 Å². The first-order chi connectivity index (χ1) is 19.2. The van der Waals surface area contributed by atoms with Crippen LogP contribution in [-0.2, 0) is 16.2 Å². The zero-order valence-corrected chi connectivity index (χ0v) is 22.9. The van der Waals surface area contributed by atoms with Gasteiger partial charge in [0.1, 0.15) is 18.9 Å². The number of carboxylic acids is 1. The fourth-order valence-electron chi connectivity index (χ4n) is 3.72. The highest BCUT2D eigenvalue weighted by atomic mass is 35.5. The molecular weight excluding hydrogens is 560 g/mol. The van der Waals surface area contributed by atoms with E-state index in [9.17, 15) is 24.3 Å². The topological polar surface area (TPSA) is 131 Å². The molecule has 3 aromatic rings. The molecule has 3 aromatic carbocycles. The number of imide groups is 1. The summed E-state index contributed by atoms with van der Waals surface area (Å²) in [5, 5.41) is 11.4. The van der Waals surface area contributed by atoms with Crippen LogP contribution in [0.4, 0.5) is 10.5 Å². The van der Waals surface area contributed by atoms with Crippen molar-refractivity contribution in [3.8, 4) is 17.2 Å². The van der Waals surface area contributed by atoms with Gasteiger partial charge in [0.05, 0.1) is 29.7 Å². The Kier molecular flexibility index (Phi) is 8.97. The smallest absolute Gasteiger partial charge is 0.335 e. The molecule has 0 atom stereocenters. The number of nitrogens with one attached hydrogen (secondary N) is 1. The third kappa shape index (κ3) is 6.74. The molecule has 4 rings (SSSR count). The Morgan fingerprint density at radius 3 is 2.48 bits per heavy atom. The van der Waals surface area contributed by atoms with Crippen LogP contribution in [-0.4, -0.2) is 53.8 Å². The van der Waals surface area contributed by atoms with E-state index in [1.54, 1.807) is 42.5 Å². The summed E-state index contributed by atoms with van der Waals surface area (Å²) in [6.07, 6.45) is 1.47. The lowest BCUT2D eigenvalue weighted by molar-refractivity contribution is -0.127. The summed E-state index contributed by atoms with van der Waals surface area (Å²) in [4.78, 5) is 50.1. The van der Waals surface area contributed by atoms with Crippen molar-refractivity contribution in [3.05, 3.63) is 87.3 Å². The maximum Gasteiger partial charge on any atom is 0.335 e. The van der Waals surface area contributed by atoms with Crippen LogP contribution < -0.4 is 19.5 Å². The molecule has 12 heteroatoms. The number of rotatable bonds is 10. The predicted molar refractivity (Wildman–Crippen MR) is 150 cm³/mol. The summed E-state index contributed by atoms with van der Waals surface area (Å²) in [6.45, 7) is -0.415. The number of carbonyl (C=O) groups excluding carboxylic acids is 3. The fraction of sp³-hybridized carbons (Fsp3) is 0.143. The van der Waals surface area contributed by atoms with Gasteiger partial charge in [0, 0.05) is 5.69 Å². The Balaban J connectivity index is 1.45. The van der Waals surface area contributed by atoms with Gasteiger partial charge in [-0.2, -0.15) is 0 Å². The molecule has 0 bridgehead atoms. The second-order valence-corrected chi connectivity index (χ2v) is 9.77. The van der Waals surface area contributed by atoms with Gasteiger partial charge in [-0.25, -0.2) is 4.79 Å². The van der Waals surface area contributed by atoms with Gasteiger partial charge >= 0.3 is 5.97 Å². The highest BCUT2D eigenvalue weighted by molar-refractivity contribution is 8.18. The highest BCUT2D eigenvalue weighted by Gasteiger charge is 2.36. The van der Waals surface area contributed by atoms with Gasteiger partial charge < -0.3 is 24.6 Å². The van der Waals surface area contributed by atoms with Crippen LogP contribution in [0, 0.1) is 0 Å². The SMILES string of the molecule is COc1ccc(NC(=O)CN2C(=O)S/C(=C/c3cc(Cl)c(OCc4cccc(C(=O)O)c4)c(OC)c3)C2=O)cc1. The lowest BCUT2D eigenvalue weighted by atomic mass is 10.1. The van der Waals surface area contributed by atoms with Crippen molar-refractivity contribution in [2.24, 2.45) is 0 Å². The molecular formula is C28H23ClN2O8S. The molecule has 0 aromatic heterocycles. The summed E-state index contributed by atoms with van der Waals surface area (Å²) >= 11 is 7.15. The first-order valence-corrected chi connectivity index (χ1v) is 12.9. The number of benzene rings is 3. The summed E-state index contributed by atoms with van der Waals surface area (Å²) in [7, 11) is 2.95. The molecule has 1 aliphatic heterocycles. The minimum absolute atomic E-state index is 0.0357. The van der Waals surface area contributed by atoms with E-state index in [1.807, 2.05) is 0 Å². The molecule has 3 amide bonds. The Morgan fingerprint density at radius 2 is 1.80 bits per heavy atom. The molecule has 0 radical (unpaired) electrons. The molecule has 1 aliphatic rings. The zero-order valence-electron chi connectivity index (χ0n) is 21.3. The van der Waals surface area contributed by atoms with E-state index in [0.717, 1.165) is 4.90 Å². The average Bonchev–Trinajstić information content (AvgIpc) is 3.19. The minimum atomic E-state index is -1.05. The van der Waals surface area contributed by atoms with Crippen LogP contribution in [0.15, 0.2) is 65.6 Å². The van der Waals surface area contributed by atoms with E-state index < -0.39 is 29.6 Å². The Hall–Kier alpha value is -4.48. The van der Waals surface area contributed by atoms with Crippen molar-refractivity contribution in [1.82, 2.24) is 4.90 Å². The van der Waals surface area contributed by atoms with E-state index in [-0.39, 0.29) is 33.6 Å². The third-order valence-corrected chi connectivity index (χ3v) is 6.84. The van der Waals surface area contributed by atoms with Crippen LogP contribution in [0.1, 0.15) is 21.5 Å². The summed E-state index contributed by atoms with van der Waals surface area (Å²) in [5.74, 6) is -1.08. The normalized spacial score (nSPS) is 13.9. The van der Waals surface area contributed by atoms with Crippen molar-refractivity contribution < 1.29 is 38.5 Å². The number of anilines is 1. The average molecular weight is 583 g/mol. The van der Waals surface area contributed by atoms with Gasteiger partial charge in [-0.05, 0) is 77.5 Å². The van der Waals surface area contributed by atoms with E-state index >= 15 is 0 Å². The van der Waals surface area contributed by atoms with Crippen LogP contribution >= 0.6 is 23.4 Å². The first-order valence-electron chi connectivity index (χ1n) is 11.7. The number of aromatic carboxylic acids is 1. The van der Waals surface area contributed by atoms with Crippen LogP contribution in [0.5, 0.6) is 17.2 Å². The Morgan fingerprint density at radius 1 is 1.05 bits per heavy atom. The molecule has 206 valence electrons. The zero-order chi connectivity index (χ0) is 28.8. The number of nitrogens with zero attached hydrogens (tertiary/aromatic N) is 1. The number of hydrogen-bond donors (Lipinski definition) is 2. The lowest BCUT2D eigenvalue weighted by Gasteiger charge is -2.14. The number of carbonyl (C=O) groups is 4. The van der Waals surface area contributed by atoms with E-state index in [4.69, 9.17) is 25.8 Å². The van der Waals surface area contributed by atoms with Gasteiger partial charge in [-0.3, -0.25) is 19.3 Å². The Bertz CT molecular complexity index is 1510. The third-order valence-electron chi connectivity index (χ3n) is 5.66. The highest BCUT2D eigenvalue weighted by Crippen LogP contribution is 2.39. The maximum absolute atomic E-state index is 12.9. The van der Waals surface area contributed by atoms with E-state index in [1.165, 1.54) is 38.5 Å². The minimum Gasteiger partial charge on any atom is -0.497 e. The van der Waals surface area contributed by atoms with E-state index in [2.05, 4.69) is 5.32 Å². The number of methoxy groups -OCH3 is 2. The first kappa shape index (κ1) is 28.5. The maximum atomic E-state index is 12.9. The molecule has 1 saturated heterocycles. The Labute approximate surface area is 238 Å². The number of hydrogen-bond acceptors (Lipinski definition) is 8. The van der Waals surface area contributed by atoms with Gasteiger partial charge in [0.2, 0.25) is 5.91 Å². The van der Waals surface area contributed by atoms with Gasteiger partial charge in [-0.1, -0.05) is 23.7 Å². The number of thioether (sulfide) groups is 1. The molecule has 2 N–H and O–H groups in total. The monoisotopic (exact) mass is 582 g/mol. The fourth-order valence-corrected chi connectivity index (χ4v) is 4.83. The van der Waals surface area contributed by atoms with Crippen molar-refractivity contribution in [1.29, 1.82) is 0 Å². The molecule has 0 saturated carbocycles. The predicted octanol–water partition coefficient (Wildman–Crippen LogP) is 5.31. The van der Waals surface area contributed by atoms with Crippen molar-refractivity contribution in [2.45, 2.75) is 6.61 Å². The standard InChI is InChI=1S/C28H23ClN2O8S/c1-37-20-8-6-19(7-9-20)30-24(32)14-31-26(33)23(40-28(31)36)13-17-11-21(29)25(22(12-17)38-2)39-15-16-4-3-5-18(10-16)27(34)35/h3-13H,14-15H2,1-2H3,(H,30,32)(H,34,35)/b23-13+. The number of halogens is 1. The van der Waals surface area contributed by atoms with Crippen LogP contribution in [0.3, 0.4) is 0 Å². The number of amides is 3. The molecule has 0 aliphatic carbocycles. The van der Waals surface area contributed by atoms with Gasteiger partial charge in [0.25, 0.3) is 11.1 Å². The summed E-state index contributed by atoms with van der Waals surface area (Å²) < 4.78 is 16.3. The van der Waals surface area contributed by atoms with Gasteiger partial charge in [-0.15, -0.1) is 0 Å². The molecule has 1 heterocycles. The second-order valence-electron chi connectivity index (χ2n) is 8.37. The van der Waals surface area contributed by atoms with Crippen LogP contribution in [0.25, 0.3) is 6.08 Å². The summed E-state index contributed by atoms with van der Waals surface area (Å²) in [6, 6.07) is 16.0. The number of ether oxygens (including phenoxy) is 3. The number of carboxylic acid groups (broad SMARTS) is 1. The van der Waals surface area contributed by atoms with Crippen molar-refractivity contribution in [2.75, 3.05) is 26.1 Å². The molecule has 10 nitrogen and oxygen atoms in total. The largest absolute Gasteiger partial charge is 0.497 e. The molecule has 0 unspecified atom stereocenters. The van der Waals surface area contributed by atoms with Crippen LogP contribution in [0.2, 0.25) is 5.02 Å². The quantitative estimate of drug-likeness (QED) is 0.305. The molecule has 1 fully saturated rings. The molecule has 0 spiro atoms. The molecule has 40 heavy (non-hydrogen) atoms. The van der Waals surface area contributed by atoms with E-state index in [0.29, 0.717) is 34.3 Å².